The van der Waals surface area contributed by atoms with Crippen molar-refractivity contribution in [3.63, 3.8) is 0 Å². The van der Waals surface area contributed by atoms with E-state index in [1.165, 1.54) is 19.1 Å². The van der Waals surface area contributed by atoms with Crippen molar-refractivity contribution in [2.24, 2.45) is 0 Å². The van der Waals surface area contributed by atoms with Gasteiger partial charge >= 0.3 is 0 Å². The van der Waals surface area contributed by atoms with Crippen molar-refractivity contribution in [1.29, 1.82) is 0 Å². The minimum Gasteiger partial charge on any atom is -0.492 e. The zero-order valence-corrected chi connectivity index (χ0v) is 16.1. The monoisotopic (exact) mass is 396 g/mol. The van der Waals surface area contributed by atoms with Crippen molar-refractivity contribution in [2.45, 2.75) is 31.3 Å². The highest BCUT2D eigenvalue weighted by Crippen LogP contribution is 2.27. The third kappa shape index (κ3) is 5.45. The molecule has 1 atom stereocenters. The van der Waals surface area contributed by atoms with Crippen LogP contribution in [0.5, 0.6) is 5.75 Å². The second kappa shape index (κ2) is 9.02. The summed E-state index contributed by atoms with van der Waals surface area (Å²) in [5.41, 5.74) is 0.921. The molecule has 26 heavy (non-hydrogen) atoms. The van der Waals surface area contributed by atoms with E-state index in [0.29, 0.717) is 13.2 Å². The molecule has 2 rings (SSSR count). The number of nitrogens with one attached hydrogen (secondary N) is 2. The Morgan fingerprint density at radius 2 is 1.88 bits per heavy atom. The minimum absolute atomic E-state index is 0.102. The van der Waals surface area contributed by atoms with E-state index in [1.807, 2.05) is 30.3 Å². The molecule has 1 amide bonds. The zero-order valence-electron chi connectivity index (χ0n) is 14.5. The Bertz CT molecular complexity index is 857. The first kappa shape index (κ1) is 20.2. The third-order valence-electron chi connectivity index (χ3n) is 3.53. The average molecular weight is 397 g/mol. The molecule has 0 saturated heterocycles. The van der Waals surface area contributed by atoms with Gasteiger partial charge in [-0.3, -0.25) is 4.79 Å². The number of carbonyl (C=O) groups excluding carboxylic acids is 1. The number of carbonyl (C=O) groups is 1. The molecule has 0 heterocycles. The maximum absolute atomic E-state index is 12.6. The van der Waals surface area contributed by atoms with Crippen LogP contribution in [0.15, 0.2) is 53.4 Å². The van der Waals surface area contributed by atoms with Gasteiger partial charge in [-0.25, -0.2) is 8.42 Å². The standard InChI is InChI=1S/C18H21ClN2O4S/c1-3-25-16-10-9-15(19)11-17(16)26(23,24)21-13(2)18(22)20-12-14-7-5-4-6-8-14/h4-11,13,21H,3,12H2,1-2H3,(H,20,22). The fourth-order valence-corrected chi connectivity index (χ4v) is 3.86. The fourth-order valence-electron chi connectivity index (χ4n) is 2.25. The molecule has 0 bridgehead atoms. The molecule has 0 aliphatic heterocycles. The van der Waals surface area contributed by atoms with E-state index in [4.69, 9.17) is 16.3 Å². The van der Waals surface area contributed by atoms with Gasteiger partial charge in [-0.1, -0.05) is 41.9 Å². The van der Waals surface area contributed by atoms with E-state index in [1.54, 1.807) is 13.0 Å². The number of halogens is 1. The van der Waals surface area contributed by atoms with Gasteiger partial charge < -0.3 is 10.1 Å². The molecule has 0 spiro atoms. The van der Waals surface area contributed by atoms with Gasteiger partial charge in [0.25, 0.3) is 0 Å². The predicted octanol–water partition coefficient (Wildman–Crippen LogP) is 2.72. The molecule has 2 aromatic rings. The van der Waals surface area contributed by atoms with Gasteiger partial charge in [-0.2, -0.15) is 4.72 Å². The van der Waals surface area contributed by atoms with E-state index in [2.05, 4.69) is 10.0 Å². The van der Waals surface area contributed by atoms with E-state index >= 15 is 0 Å². The highest BCUT2D eigenvalue weighted by molar-refractivity contribution is 7.89. The molecule has 0 aliphatic rings. The lowest BCUT2D eigenvalue weighted by atomic mass is 10.2. The quantitative estimate of drug-likeness (QED) is 0.718. The van der Waals surface area contributed by atoms with Crippen LogP contribution >= 0.6 is 11.6 Å². The first-order chi connectivity index (χ1) is 12.3. The van der Waals surface area contributed by atoms with Crippen LogP contribution in [0.3, 0.4) is 0 Å². The molecule has 0 aromatic heterocycles. The molecule has 1 unspecified atom stereocenters. The molecular formula is C18H21ClN2O4S. The van der Waals surface area contributed by atoms with Crippen molar-refractivity contribution in [2.75, 3.05) is 6.61 Å². The summed E-state index contributed by atoms with van der Waals surface area (Å²) in [4.78, 5) is 12.1. The van der Waals surface area contributed by atoms with Gasteiger partial charge in [0.1, 0.15) is 10.6 Å². The minimum atomic E-state index is -3.98. The number of rotatable bonds is 8. The number of hydrogen-bond acceptors (Lipinski definition) is 4. The molecule has 2 aromatic carbocycles. The summed E-state index contributed by atoms with van der Waals surface area (Å²) in [6.45, 7) is 3.84. The molecule has 0 aliphatic carbocycles. The highest BCUT2D eigenvalue weighted by atomic mass is 35.5. The number of benzene rings is 2. The Kier molecular flexibility index (Phi) is 7.02. The summed E-state index contributed by atoms with van der Waals surface area (Å²) in [7, 11) is -3.98. The number of hydrogen-bond donors (Lipinski definition) is 2. The van der Waals surface area contributed by atoms with Crippen LogP contribution in [0.1, 0.15) is 19.4 Å². The molecule has 8 heteroatoms. The predicted molar refractivity (Wildman–Crippen MR) is 101 cm³/mol. The SMILES string of the molecule is CCOc1ccc(Cl)cc1S(=O)(=O)NC(C)C(=O)NCc1ccccc1. The maximum atomic E-state index is 12.6. The Balaban J connectivity index is 2.08. The first-order valence-corrected chi connectivity index (χ1v) is 9.96. The van der Waals surface area contributed by atoms with Crippen molar-refractivity contribution in [3.8, 4) is 5.75 Å². The molecule has 0 radical (unpaired) electrons. The van der Waals surface area contributed by atoms with E-state index < -0.39 is 22.0 Å². The second-order valence-electron chi connectivity index (χ2n) is 5.57. The van der Waals surface area contributed by atoms with Crippen LogP contribution in [0.4, 0.5) is 0 Å². The normalized spacial score (nSPS) is 12.4. The van der Waals surface area contributed by atoms with Gasteiger partial charge in [0, 0.05) is 11.6 Å². The zero-order chi connectivity index (χ0) is 19.2. The summed E-state index contributed by atoms with van der Waals surface area (Å²) in [5.74, 6) is -0.251. The number of ether oxygens (including phenoxy) is 1. The van der Waals surface area contributed by atoms with Gasteiger partial charge in [0.05, 0.1) is 12.6 Å². The van der Waals surface area contributed by atoms with Crippen molar-refractivity contribution < 1.29 is 17.9 Å². The topological polar surface area (TPSA) is 84.5 Å². The summed E-state index contributed by atoms with van der Waals surface area (Å²) in [6.07, 6.45) is 0. The molecule has 0 fully saturated rings. The number of amides is 1. The number of sulfonamides is 1. The molecule has 2 N–H and O–H groups in total. The van der Waals surface area contributed by atoms with Gasteiger partial charge in [0.2, 0.25) is 15.9 Å². The Labute approximate surface area is 158 Å². The van der Waals surface area contributed by atoms with Gasteiger partial charge in [-0.15, -0.1) is 0 Å². The van der Waals surface area contributed by atoms with Crippen LogP contribution in [0.2, 0.25) is 5.02 Å². The summed E-state index contributed by atoms with van der Waals surface area (Å²) >= 11 is 5.91. The summed E-state index contributed by atoms with van der Waals surface area (Å²) < 4.78 is 33.0. The highest BCUT2D eigenvalue weighted by Gasteiger charge is 2.25. The van der Waals surface area contributed by atoms with Crippen molar-refractivity contribution in [1.82, 2.24) is 10.0 Å². The Morgan fingerprint density at radius 1 is 1.19 bits per heavy atom. The summed E-state index contributed by atoms with van der Waals surface area (Å²) in [5, 5.41) is 2.96. The van der Waals surface area contributed by atoms with Crippen LogP contribution in [0, 0.1) is 0 Å². The average Bonchev–Trinajstić information content (AvgIpc) is 2.61. The van der Waals surface area contributed by atoms with Crippen molar-refractivity contribution >= 4 is 27.5 Å². The van der Waals surface area contributed by atoms with Crippen LogP contribution < -0.4 is 14.8 Å². The lowest BCUT2D eigenvalue weighted by molar-refractivity contribution is -0.122. The van der Waals surface area contributed by atoms with Crippen LogP contribution in [-0.2, 0) is 21.4 Å². The Morgan fingerprint density at radius 3 is 2.54 bits per heavy atom. The largest absolute Gasteiger partial charge is 0.492 e. The first-order valence-electron chi connectivity index (χ1n) is 8.10. The Hall–Kier alpha value is -2.09. The lowest BCUT2D eigenvalue weighted by Crippen LogP contribution is -2.44. The maximum Gasteiger partial charge on any atom is 0.245 e. The third-order valence-corrected chi connectivity index (χ3v) is 5.33. The van der Waals surface area contributed by atoms with E-state index in [9.17, 15) is 13.2 Å². The van der Waals surface area contributed by atoms with Crippen LogP contribution in [0.25, 0.3) is 0 Å². The smallest absolute Gasteiger partial charge is 0.245 e. The summed E-state index contributed by atoms with van der Waals surface area (Å²) in [6, 6.07) is 12.7. The lowest BCUT2D eigenvalue weighted by Gasteiger charge is -2.16. The molecule has 0 saturated carbocycles. The van der Waals surface area contributed by atoms with Crippen molar-refractivity contribution in [3.05, 3.63) is 59.1 Å². The molecule has 6 nitrogen and oxygen atoms in total. The van der Waals surface area contributed by atoms with Gasteiger partial charge in [-0.05, 0) is 37.6 Å². The van der Waals surface area contributed by atoms with E-state index in [0.717, 1.165) is 5.56 Å². The van der Waals surface area contributed by atoms with Gasteiger partial charge in [0.15, 0.2) is 0 Å². The van der Waals surface area contributed by atoms with E-state index in [-0.39, 0.29) is 15.7 Å². The second-order valence-corrected chi connectivity index (χ2v) is 7.69. The van der Waals surface area contributed by atoms with Crippen LogP contribution in [-0.4, -0.2) is 27.0 Å². The molecular weight excluding hydrogens is 376 g/mol. The fraction of sp³-hybridized carbons (Fsp3) is 0.278. The molecule has 140 valence electrons.